The topological polar surface area (TPSA) is 24.8 Å². The molecule has 6 rings (SSSR count). The third-order valence-electron chi connectivity index (χ3n) is 7.58. The quantitative estimate of drug-likeness (QED) is 0.640. The third kappa shape index (κ3) is 3.28. The predicted octanol–water partition coefficient (Wildman–Crippen LogP) is 5.16. The Labute approximate surface area is 192 Å². The highest BCUT2D eigenvalue weighted by molar-refractivity contribution is 5.84. The molecule has 0 radical (unpaired) electrons. The van der Waals surface area contributed by atoms with Crippen LogP contribution in [-0.4, -0.2) is 25.8 Å². The SMILES string of the molecule is CCCCc1cc2c(c3c1=NCCC3)Oc1c(cc3c4c1CCCN4CCC3)C=2C(F)(F)F. The van der Waals surface area contributed by atoms with Gasteiger partial charge in [-0.1, -0.05) is 13.3 Å². The number of aryl methyl sites for hydroxylation is 2. The summed E-state index contributed by atoms with van der Waals surface area (Å²) in [6.07, 6.45) is 3.31. The highest BCUT2D eigenvalue weighted by Gasteiger charge is 2.43. The standard InChI is InChI=1S/C27H29F3N2O/c1-2-3-7-16-14-20-22(27(28,29)30)21-15-17-8-5-12-32-13-6-10-19(24(17)32)26(21)33-25(20)18-9-4-11-31-23(16)18/h14-15H,2-13H2,1H3. The molecule has 0 amide bonds. The van der Waals surface area contributed by atoms with E-state index in [1.165, 1.54) is 0 Å². The van der Waals surface area contributed by atoms with Gasteiger partial charge in [0, 0.05) is 47.2 Å². The number of halogens is 3. The normalized spacial score (nSPS) is 18.5. The molecule has 4 aliphatic heterocycles. The van der Waals surface area contributed by atoms with Crippen molar-refractivity contribution < 1.29 is 17.9 Å². The molecule has 0 saturated heterocycles. The van der Waals surface area contributed by atoms with Gasteiger partial charge in [-0.3, -0.25) is 4.99 Å². The summed E-state index contributed by atoms with van der Waals surface area (Å²) < 4.78 is 50.8. The second-order valence-electron chi connectivity index (χ2n) is 9.74. The molecule has 2 aromatic rings. The summed E-state index contributed by atoms with van der Waals surface area (Å²) >= 11 is 0. The van der Waals surface area contributed by atoms with Crippen LogP contribution in [0, 0.1) is 0 Å². The molecule has 0 fully saturated rings. The average Bonchev–Trinajstić information content (AvgIpc) is 2.81. The Morgan fingerprint density at radius 3 is 2.58 bits per heavy atom. The summed E-state index contributed by atoms with van der Waals surface area (Å²) in [7, 11) is 0. The fraction of sp³-hybridized carbons (Fsp3) is 0.519. The molecular formula is C27H29F3N2O. The zero-order chi connectivity index (χ0) is 22.7. The number of hydrogen-bond acceptors (Lipinski definition) is 3. The van der Waals surface area contributed by atoms with E-state index in [1.807, 2.05) is 0 Å². The fourth-order valence-electron chi connectivity index (χ4n) is 6.19. The second kappa shape index (κ2) is 7.78. The van der Waals surface area contributed by atoms with Crippen LogP contribution in [0.15, 0.2) is 17.1 Å². The summed E-state index contributed by atoms with van der Waals surface area (Å²) in [5, 5.41) is 1.10. The Hall–Kier alpha value is -2.50. The lowest BCUT2D eigenvalue weighted by molar-refractivity contribution is -0.0698. The van der Waals surface area contributed by atoms with Gasteiger partial charge in [0.05, 0.1) is 10.9 Å². The Morgan fingerprint density at radius 2 is 1.79 bits per heavy atom. The molecule has 4 aliphatic rings. The fourth-order valence-corrected chi connectivity index (χ4v) is 6.19. The molecule has 0 spiro atoms. The summed E-state index contributed by atoms with van der Waals surface area (Å²) in [6.45, 7) is 4.78. The molecule has 0 atom stereocenters. The van der Waals surface area contributed by atoms with Gasteiger partial charge in [-0.25, -0.2) is 0 Å². The average molecular weight is 455 g/mol. The number of fused-ring (bicyclic) bond motifs is 5. The van der Waals surface area contributed by atoms with E-state index in [1.54, 1.807) is 12.1 Å². The van der Waals surface area contributed by atoms with Gasteiger partial charge in [0.25, 0.3) is 0 Å². The zero-order valence-electron chi connectivity index (χ0n) is 19.1. The number of nitrogens with zero attached hydrogens (tertiary/aromatic N) is 2. The largest absolute Gasteiger partial charge is 0.455 e. The summed E-state index contributed by atoms with van der Waals surface area (Å²) in [4.78, 5) is 7.10. The smallest absolute Gasteiger partial charge is 0.417 e. The Morgan fingerprint density at radius 1 is 1.00 bits per heavy atom. The first-order valence-corrected chi connectivity index (χ1v) is 12.4. The van der Waals surface area contributed by atoms with Crippen molar-refractivity contribution in [1.82, 2.24) is 0 Å². The Bertz CT molecular complexity index is 1260. The van der Waals surface area contributed by atoms with Crippen LogP contribution in [0.25, 0.3) is 5.57 Å². The van der Waals surface area contributed by atoms with E-state index in [-0.39, 0.29) is 10.8 Å². The molecule has 2 aromatic carbocycles. The summed E-state index contributed by atoms with van der Waals surface area (Å²) in [5.41, 5.74) is 4.67. The van der Waals surface area contributed by atoms with Crippen molar-refractivity contribution in [2.24, 2.45) is 4.99 Å². The maximum atomic E-state index is 14.7. The van der Waals surface area contributed by atoms with Gasteiger partial charge in [0.15, 0.2) is 0 Å². The molecule has 3 nitrogen and oxygen atoms in total. The highest BCUT2D eigenvalue weighted by atomic mass is 19.4. The van der Waals surface area contributed by atoms with E-state index < -0.39 is 11.7 Å². The van der Waals surface area contributed by atoms with Gasteiger partial charge in [-0.2, -0.15) is 13.2 Å². The van der Waals surface area contributed by atoms with Crippen LogP contribution in [-0.2, 0) is 25.7 Å². The van der Waals surface area contributed by atoms with Crippen molar-refractivity contribution >= 4 is 11.3 Å². The molecule has 0 bridgehead atoms. The first kappa shape index (κ1) is 21.1. The number of alkyl halides is 3. The van der Waals surface area contributed by atoms with Crippen molar-refractivity contribution in [3.63, 3.8) is 0 Å². The van der Waals surface area contributed by atoms with E-state index in [2.05, 4.69) is 11.8 Å². The first-order valence-electron chi connectivity index (χ1n) is 12.4. The van der Waals surface area contributed by atoms with Crippen LogP contribution in [0.3, 0.4) is 0 Å². The van der Waals surface area contributed by atoms with Crippen LogP contribution in [0.2, 0.25) is 0 Å². The molecule has 6 heteroatoms. The minimum atomic E-state index is -4.46. The van der Waals surface area contributed by atoms with E-state index in [4.69, 9.17) is 9.73 Å². The minimum Gasteiger partial charge on any atom is -0.455 e. The maximum absolute atomic E-state index is 14.7. The molecule has 0 aromatic heterocycles. The van der Waals surface area contributed by atoms with Gasteiger partial charge in [0.1, 0.15) is 11.5 Å². The van der Waals surface area contributed by atoms with Crippen molar-refractivity contribution in [3.05, 3.63) is 50.5 Å². The van der Waals surface area contributed by atoms with Crippen LogP contribution in [0.1, 0.15) is 66.8 Å². The molecule has 33 heavy (non-hydrogen) atoms. The van der Waals surface area contributed by atoms with E-state index >= 15 is 0 Å². The van der Waals surface area contributed by atoms with Crippen LogP contribution in [0.5, 0.6) is 11.5 Å². The lowest BCUT2D eigenvalue weighted by Crippen LogP contribution is -2.37. The minimum absolute atomic E-state index is 0.215. The maximum Gasteiger partial charge on any atom is 0.417 e. The van der Waals surface area contributed by atoms with Crippen LogP contribution >= 0.6 is 0 Å². The molecule has 0 saturated carbocycles. The Kier molecular flexibility index (Phi) is 4.96. The lowest BCUT2D eigenvalue weighted by atomic mass is 9.84. The second-order valence-corrected chi connectivity index (χ2v) is 9.74. The zero-order valence-corrected chi connectivity index (χ0v) is 19.1. The summed E-state index contributed by atoms with van der Waals surface area (Å²) in [6, 6.07) is 3.52. The first-order chi connectivity index (χ1) is 16.0. The highest BCUT2D eigenvalue weighted by Crippen LogP contribution is 2.50. The van der Waals surface area contributed by atoms with Crippen molar-refractivity contribution in [3.8, 4) is 11.5 Å². The molecule has 174 valence electrons. The number of benzene rings is 2. The van der Waals surface area contributed by atoms with Crippen LogP contribution < -0.4 is 20.2 Å². The summed E-state index contributed by atoms with van der Waals surface area (Å²) in [5.74, 6) is 0.840. The van der Waals surface area contributed by atoms with Crippen LogP contribution in [0.4, 0.5) is 18.9 Å². The van der Waals surface area contributed by atoms with Gasteiger partial charge in [-0.05, 0) is 74.6 Å². The molecule has 0 aliphatic carbocycles. The number of ether oxygens (including phenoxy) is 1. The number of unbranched alkanes of at least 4 members (excludes halogenated alkanes) is 1. The van der Waals surface area contributed by atoms with E-state index in [0.717, 1.165) is 104 Å². The lowest BCUT2D eigenvalue weighted by Gasteiger charge is -2.39. The van der Waals surface area contributed by atoms with E-state index in [9.17, 15) is 13.2 Å². The molecule has 4 heterocycles. The number of rotatable bonds is 3. The third-order valence-corrected chi connectivity index (χ3v) is 7.58. The van der Waals surface area contributed by atoms with Gasteiger partial charge in [-0.15, -0.1) is 0 Å². The molecular weight excluding hydrogens is 425 g/mol. The predicted molar refractivity (Wildman–Crippen MR) is 123 cm³/mol. The Balaban J connectivity index is 1.70. The number of hydrogen-bond donors (Lipinski definition) is 0. The number of anilines is 1. The van der Waals surface area contributed by atoms with Gasteiger partial charge >= 0.3 is 6.18 Å². The van der Waals surface area contributed by atoms with Crippen molar-refractivity contribution in [2.75, 3.05) is 24.5 Å². The van der Waals surface area contributed by atoms with Gasteiger partial charge < -0.3 is 9.64 Å². The van der Waals surface area contributed by atoms with Crippen molar-refractivity contribution in [2.45, 2.75) is 70.9 Å². The molecule has 0 unspecified atom stereocenters. The van der Waals surface area contributed by atoms with Crippen molar-refractivity contribution in [1.29, 1.82) is 0 Å². The molecule has 0 N–H and O–H groups in total. The van der Waals surface area contributed by atoms with E-state index in [0.29, 0.717) is 17.9 Å². The van der Waals surface area contributed by atoms with Gasteiger partial charge in [0.2, 0.25) is 0 Å². The monoisotopic (exact) mass is 454 g/mol.